The van der Waals surface area contributed by atoms with Crippen molar-refractivity contribution in [2.24, 2.45) is 0 Å². The zero-order valence-electron chi connectivity index (χ0n) is 17.7. The Labute approximate surface area is 198 Å². The third kappa shape index (κ3) is 6.12. The molecule has 3 aromatic rings. The monoisotopic (exact) mass is 497 g/mol. The molecule has 3 aromatic carbocycles. The van der Waals surface area contributed by atoms with Gasteiger partial charge >= 0.3 is 6.18 Å². The normalized spacial score (nSPS) is 11.4. The van der Waals surface area contributed by atoms with Crippen molar-refractivity contribution in [1.29, 1.82) is 0 Å². The van der Waals surface area contributed by atoms with Gasteiger partial charge < -0.3 is 15.2 Å². The average Bonchev–Trinajstić information content (AvgIpc) is 2.71. The summed E-state index contributed by atoms with van der Waals surface area (Å²) in [6.45, 7) is 3.98. The van der Waals surface area contributed by atoms with Crippen LogP contribution in [0, 0.1) is 13.8 Å². The molecule has 0 atom stereocenters. The second-order valence-electron chi connectivity index (χ2n) is 7.44. The minimum absolute atomic E-state index is 0.0575. The lowest BCUT2D eigenvalue weighted by Gasteiger charge is -2.17. The smallest absolute Gasteiger partial charge is 0.416 e. The highest BCUT2D eigenvalue weighted by molar-refractivity contribution is 6.31. The van der Waals surface area contributed by atoms with Gasteiger partial charge in [-0.1, -0.05) is 23.2 Å². The number of aromatic hydroxyl groups is 1. The van der Waals surface area contributed by atoms with E-state index < -0.39 is 17.6 Å². The van der Waals surface area contributed by atoms with Crippen molar-refractivity contribution < 1.29 is 27.8 Å². The van der Waals surface area contributed by atoms with Gasteiger partial charge in [-0.2, -0.15) is 13.2 Å². The Hall–Kier alpha value is -2.90. The summed E-state index contributed by atoms with van der Waals surface area (Å²) in [5.74, 6) is -1.13. The summed E-state index contributed by atoms with van der Waals surface area (Å²) in [4.78, 5) is 12.6. The van der Waals surface area contributed by atoms with E-state index in [9.17, 15) is 23.1 Å². The molecule has 33 heavy (non-hydrogen) atoms. The molecule has 0 radical (unpaired) electrons. The standard InChI is InChI=1S/C24H20Cl2F3NO3/c1-13-9-17(26)10-14(2)18(13)7-8-33-22-6-3-15(24(27,28)29)11-20(22)30-23(32)19-12-16(25)4-5-21(19)31/h3-6,9-12,31H,7-8H2,1-2H3,(H,30,32). The van der Waals surface area contributed by atoms with Crippen molar-refractivity contribution in [3.63, 3.8) is 0 Å². The van der Waals surface area contributed by atoms with Crippen molar-refractivity contribution in [2.45, 2.75) is 26.4 Å². The lowest BCUT2D eigenvalue weighted by Crippen LogP contribution is -2.15. The van der Waals surface area contributed by atoms with Gasteiger partial charge in [-0.3, -0.25) is 4.79 Å². The highest BCUT2D eigenvalue weighted by Crippen LogP contribution is 2.36. The number of phenols is 1. The van der Waals surface area contributed by atoms with Crippen molar-refractivity contribution in [2.75, 3.05) is 11.9 Å². The number of halogens is 5. The van der Waals surface area contributed by atoms with Crippen LogP contribution >= 0.6 is 23.2 Å². The Balaban J connectivity index is 1.85. The highest BCUT2D eigenvalue weighted by Gasteiger charge is 2.31. The number of benzene rings is 3. The van der Waals surface area contributed by atoms with Crippen molar-refractivity contribution in [1.82, 2.24) is 0 Å². The number of aryl methyl sites for hydroxylation is 2. The Kier molecular flexibility index (Phi) is 7.44. The fraction of sp³-hybridized carbons (Fsp3) is 0.208. The first-order valence-corrected chi connectivity index (χ1v) is 10.6. The average molecular weight is 498 g/mol. The summed E-state index contributed by atoms with van der Waals surface area (Å²) >= 11 is 11.9. The van der Waals surface area contributed by atoms with E-state index in [-0.39, 0.29) is 34.4 Å². The quantitative estimate of drug-likeness (QED) is 0.378. The summed E-state index contributed by atoms with van der Waals surface area (Å²) in [6, 6.07) is 10.3. The Morgan fingerprint density at radius 3 is 2.30 bits per heavy atom. The second kappa shape index (κ2) is 9.93. The molecule has 9 heteroatoms. The van der Waals surface area contributed by atoms with Gasteiger partial charge in [0.15, 0.2) is 0 Å². The topological polar surface area (TPSA) is 58.6 Å². The van der Waals surface area contributed by atoms with Crippen LogP contribution in [0.15, 0.2) is 48.5 Å². The number of ether oxygens (including phenoxy) is 1. The molecular formula is C24H20Cl2F3NO3. The van der Waals surface area contributed by atoms with E-state index in [2.05, 4.69) is 5.32 Å². The summed E-state index contributed by atoms with van der Waals surface area (Å²) in [6.07, 6.45) is -4.13. The fourth-order valence-electron chi connectivity index (χ4n) is 3.41. The van der Waals surface area contributed by atoms with Crippen LogP contribution in [0.5, 0.6) is 11.5 Å². The van der Waals surface area contributed by atoms with Crippen LogP contribution in [0.4, 0.5) is 18.9 Å². The van der Waals surface area contributed by atoms with Gasteiger partial charge in [0.1, 0.15) is 11.5 Å². The van der Waals surface area contributed by atoms with Crippen molar-refractivity contribution >= 4 is 34.8 Å². The van der Waals surface area contributed by atoms with Crippen molar-refractivity contribution in [3.8, 4) is 11.5 Å². The molecule has 174 valence electrons. The van der Waals surface area contributed by atoms with E-state index in [1.807, 2.05) is 26.0 Å². The number of hydrogen-bond donors (Lipinski definition) is 2. The first kappa shape index (κ1) is 24.7. The van der Waals surface area contributed by atoms with Crippen LogP contribution in [0.25, 0.3) is 0 Å². The van der Waals surface area contributed by atoms with E-state index in [1.165, 1.54) is 18.2 Å². The summed E-state index contributed by atoms with van der Waals surface area (Å²) in [5.41, 5.74) is 1.64. The number of carbonyl (C=O) groups is 1. The number of alkyl halides is 3. The van der Waals surface area contributed by atoms with E-state index >= 15 is 0 Å². The van der Waals surface area contributed by atoms with Crippen LogP contribution in [-0.4, -0.2) is 17.6 Å². The molecular weight excluding hydrogens is 478 g/mol. The summed E-state index contributed by atoms with van der Waals surface area (Å²) in [7, 11) is 0. The number of carbonyl (C=O) groups excluding carboxylic acids is 1. The van der Waals surface area contributed by atoms with Gasteiger partial charge in [-0.05, 0) is 79.1 Å². The molecule has 0 saturated carbocycles. The molecule has 4 nitrogen and oxygen atoms in total. The number of nitrogens with one attached hydrogen (secondary N) is 1. The molecule has 0 bridgehead atoms. The van der Waals surface area contributed by atoms with Gasteiger partial charge in [0.2, 0.25) is 0 Å². The van der Waals surface area contributed by atoms with Gasteiger partial charge in [0, 0.05) is 16.5 Å². The lowest BCUT2D eigenvalue weighted by atomic mass is 10.0. The first-order valence-electron chi connectivity index (χ1n) is 9.85. The lowest BCUT2D eigenvalue weighted by molar-refractivity contribution is -0.137. The molecule has 0 saturated heterocycles. The largest absolute Gasteiger partial charge is 0.507 e. The zero-order valence-corrected chi connectivity index (χ0v) is 19.2. The van der Waals surface area contributed by atoms with Crippen LogP contribution < -0.4 is 10.1 Å². The van der Waals surface area contributed by atoms with E-state index in [4.69, 9.17) is 27.9 Å². The molecule has 2 N–H and O–H groups in total. The zero-order chi connectivity index (χ0) is 24.3. The molecule has 0 spiro atoms. The van der Waals surface area contributed by atoms with Crippen LogP contribution in [-0.2, 0) is 12.6 Å². The maximum Gasteiger partial charge on any atom is 0.416 e. The number of anilines is 1. The van der Waals surface area contributed by atoms with E-state index in [1.54, 1.807) is 0 Å². The molecule has 0 fully saturated rings. The Bertz CT molecular complexity index is 1170. The summed E-state index contributed by atoms with van der Waals surface area (Å²) in [5, 5.41) is 13.1. The maximum atomic E-state index is 13.3. The third-order valence-electron chi connectivity index (χ3n) is 5.03. The van der Waals surface area contributed by atoms with E-state index in [0.717, 1.165) is 34.9 Å². The van der Waals surface area contributed by atoms with Crippen LogP contribution in [0.2, 0.25) is 10.0 Å². The number of phenolic OH excluding ortho intramolecular Hbond substituents is 1. The predicted octanol–water partition coefficient (Wildman–Crippen LogP) is 7.21. The number of hydrogen-bond acceptors (Lipinski definition) is 3. The Morgan fingerprint density at radius 1 is 1.00 bits per heavy atom. The van der Waals surface area contributed by atoms with Crippen molar-refractivity contribution in [3.05, 3.63) is 86.4 Å². The molecule has 0 aliphatic heterocycles. The van der Waals surface area contributed by atoms with Gasteiger partial charge in [0.25, 0.3) is 5.91 Å². The van der Waals surface area contributed by atoms with Crippen LogP contribution in [0.3, 0.4) is 0 Å². The minimum atomic E-state index is -4.62. The predicted molar refractivity (Wildman–Crippen MR) is 123 cm³/mol. The number of rotatable bonds is 6. The Morgan fingerprint density at radius 2 is 1.67 bits per heavy atom. The maximum absolute atomic E-state index is 13.3. The molecule has 3 rings (SSSR count). The molecule has 0 aromatic heterocycles. The van der Waals surface area contributed by atoms with Gasteiger partial charge in [0.05, 0.1) is 23.4 Å². The molecule has 0 aliphatic rings. The number of amides is 1. The SMILES string of the molecule is Cc1cc(Cl)cc(C)c1CCOc1ccc(C(F)(F)F)cc1NC(=O)c1cc(Cl)ccc1O. The molecule has 0 heterocycles. The van der Waals surface area contributed by atoms with Gasteiger partial charge in [-0.25, -0.2) is 0 Å². The molecule has 0 aliphatic carbocycles. The minimum Gasteiger partial charge on any atom is -0.507 e. The summed E-state index contributed by atoms with van der Waals surface area (Å²) < 4.78 is 45.5. The second-order valence-corrected chi connectivity index (χ2v) is 8.31. The third-order valence-corrected chi connectivity index (χ3v) is 5.48. The molecule has 1 amide bonds. The molecule has 0 unspecified atom stereocenters. The fourth-order valence-corrected chi connectivity index (χ4v) is 3.91. The van der Waals surface area contributed by atoms with Gasteiger partial charge in [-0.15, -0.1) is 0 Å². The first-order chi connectivity index (χ1) is 15.5. The highest BCUT2D eigenvalue weighted by atomic mass is 35.5. The van der Waals surface area contributed by atoms with Crippen LogP contribution in [0.1, 0.15) is 32.6 Å². The van der Waals surface area contributed by atoms with E-state index in [0.29, 0.717) is 11.4 Å².